The van der Waals surface area contributed by atoms with Crippen molar-refractivity contribution in [1.82, 2.24) is 29.6 Å². The highest BCUT2D eigenvalue weighted by atomic mass is 35.5. The third-order valence-corrected chi connectivity index (χ3v) is 7.18. The Hall–Kier alpha value is -2.84. The van der Waals surface area contributed by atoms with Gasteiger partial charge in [0.2, 0.25) is 5.16 Å². The number of nitrogens with zero attached hydrogens (tertiary/aromatic N) is 6. The van der Waals surface area contributed by atoms with Crippen molar-refractivity contribution in [3.05, 3.63) is 80.7 Å². The minimum absolute atomic E-state index is 0.162. The molecular weight excluding hydrogens is 420 g/mol. The third kappa shape index (κ3) is 2.98. The van der Waals surface area contributed by atoms with E-state index in [0.29, 0.717) is 10.8 Å². The maximum Gasteiger partial charge on any atom is 0.297 e. The third-order valence-electron chi connectivity index (χ3n) is 5.58. The first-order valence-corrected chi connectivity index (χ1v) is 10.9. The highest BCUT2D eigenvalue weighted by molar-refractivity contribution is 7.99. The molecule has 1 atom stereocenters. The summed E-state index contributed by atoms with van der Waals surface area (Å²) in [6, 6.07) is 15.6. The van der Waals surface area contributed by atoms with Gasteiger partial charge in [0.05, 0.1) is 11.4 Å². The number of rotatable bonds is 4. The maximum atomic E-state index is 13.3. The molecule has 2 aromatic carbocycles. The van der Waals surface area contributed by atoms with E-state index in [1.54, 1.807) is 21.1 Å². The number of hydrogen-bond donors (Lipinski definition) is 0. The maximum absolute atomic E-state index is 13.3. The summed E-state index contributed by atoms with van der Waals surface area (Å²) < 4.78 is 5.02. The second-order valence-electron chi connectivity index (χ2n) is 7.24. The molecule has 30 heavy (non-hydrogen) atoms. The van der Waals surface area contributed by atoms with Gasteiger partial charge in [-0.15, -0.1) is 5.10 Å². The lowest BCUT2D eigenvalue weighted by molar-refractivity contribution is 0.630. The normalized spacial score (nSPS) is 15.5. The summed E-state index contributed by atoms with van der Waals surface area (Å²) in [5.41, 5.74) is 4.28. The Labute approximate surface area is 182 Å². The van der Waals surface area contributed by atoms with Crippen molar-refractivity contribution in [2.45, 2.75) is 30.2 Å². The molecule has 0 N–H and O–H groups in total. The van der Waals surface area contributed by atoms with E-state index in [0.717, 1.165) is 29.2 Å². The number of tetrazole rings is 1. The molecule has 0 radical (unpaired) electrons. The summed E-state index contributed by atoms with van der Waals surface area (Å²) in [5.74, 6) is 0. The fourth-order valence-electron chi connectivity index (χ4n) is 4.01. The minimum atomic E-state index is -0.162. The first kappa shape index (κ1) is 19.1. The predicted octanol–water partition coefficient (Wildman–Crippen LogP) is 3.89. The second kappa shape index (κ2) is 7.45. The van der Waals surface area contributed by atoms with Crippen molar-refractivity contribution < 1.29 is 0 Å². The molecule has 0 spiro atoms. The standard InChI is InChI=1S/C21H19ClN6OS/c1-13-19(20(29)28(26(13)2)14-7-4-3-5-8-14)27-21(23-24-25-27)30-18-12-11-15-16(18)9-6-10-17(15)22/h3-10,18H,11-12H2,1-2H3. The monoisotopic (exact) mass is 438 g/mol. The fourth-order valence-corrected chi connectivity index (χ4v) is 5.44. The van der Waals surface area contributed by atoms with Crippen molar-refractivity contribution in [3.8, 4) is 11.4 Å². The average Bonchev–Trinajstić information content (AvgIpc) is 3.42. The first-order valence-electron chi connectivity index (χ1n) is 9.63. The van der Waals surface area contributed by atoms with Gasteiger partial charge in [0.15, 0.2) is 5.69 Å². The molecule has 7 nitrogen and oxygen atoms in total. The van der Waals surface area contributed by atoms with Gasteiger partial charge >= 0.3 is 0 Å². The van der Waals surface area contributed by atoms with Crippen LogP contribution in [0, 0.1) is 6.92 Å². The topological polar surface area (TPSA) is 70.5 Å². The van der Waals surface area contributed by atoms with Crippen LogP contribution in [0.15, 0.2) is 58.5 Å². The van der Waals surface area contributed by atoms with Gasteiger partial charge in [0, 0.05) is 17.3 Å². The molecule has 9 heteroatoms. The van der Waals surface area contributed by atoms with Crippen LogP contribution in [0.1, 0.15) is 28.5 Å². The summed E-state index contributed by atoms with van der Waals surface area (Å²) in [7, 11) is 1.86. The van der Waals surface area contributed by atoms with E-state index in [2.05, 4.69) is 21.6 Å². The van der Waals surface area contributed by atoms with Crippen LogP contribution in [0.25, 0.3) is 11.4 Å². The van der Waals surface area contributed by atoms with Crippen LogP contribution in [0.4, 0.5) is 0 Å². The second-order valence-corrected chi connectivity index (χ2v) is 8.81. The zero-order valence-corrected chi connectivity index (χ0v) is 18.1. The van der Waals surface area contributed by atoms with E-state index >= 15 is 0 Å². The minimum Gasteiger partial charge on any atom is -0.283 e. The van der Waals surface area contributed by atoms with Gasteiger partial charge in [-0.3, -0.25) is 9.48 Å². The first-order chi connectivity index (χ1) is 14.6. The molecule has 4 aromatic rings. The van der Waals surface area contributed by atoms with E-state index in [1.807, 2.05) is 61.1 Å². The molecule has 5 rings (SSSR count). The number of aromatic nitrogens is 6. The average molecular weight is 439 g/mol. The number of hydrogen-bond acceptors (Lipinski definition) is 5. The summed E-state index contributed by atoms with van der Waals surface area (Å²) in [6.07, 6.45) is 1.89. The molecule has 1 aliphatic carbocycles. The van der Waals surface area contributed by atoms with Gasteiger partial charge in [0.1, 0.15) is 0 Å². The van der Waals surface area contributed by atoms with Crippen LogP contribution in [-0.2, 0) is 13.5 Å². The SMILES string of the molecule is Cc1c(-n2nnnc2SC2CCc3c(Cl)cccc32)c(=O)n(-c2ccccc2)n1C. The molecule has 2 heterocycles. The predicted molar refractivity (Wildman–Crippen MR) is 117 cm³/mol. The number of para-hydroxylation sites is 1. The summed E-state index contributed by atoms with van der Waals surface area (Å²) in [5, 5.41) is 13.8. The largest absolute Gasteiger partial charge is 0.297 e. The van der Waals surface area contributed by atoms with Gasteiger partial charge in [-0.1, -0.05) is 53.7 Å². The molecule has 0 saturated carbocycles. The molecule has 2 aromatic heterocycles. The van der Waals surface area contributed by atoms with Gasteiger partial charge in [-0.05, 0) is 59.5 Å². The van der Waals surface area contributed by atoms with Gasteiger partial charge < -0.3 is 0 Å². The molecule has 0 amide bonds. The molecule has 1 aliphatic rings. The lowest BCUT2D eigenvalue weighted by Gasteiger charge is -2.10. The van der Waals surface area contributed by atoms with Crippen LogP contribution >= 0.6 is 23.4 Å². The van der Waals surface area contributed by atoms with Gasteiger partial charge in [-0.25, -0.2) is 4.68 Å². The summed E-state index contributed by atoms with van der Waals surface area (Å²) in [4.78, 5) is 13.3. The van der Waals surface area contributed by atoms with E-state index < -0.39 is 0 Å². The smallest absolute Gasteiger partial charge is 0.283 e. The highest BCUT2D eigenvalue weighted by Gasteiger charge is 2.29. The van der Waals surface area contributed by atoms with E-state index in [9.17, 15) is 4.79 Å². The van der Waals surface area contributed by atoms with Crippen LogP contribution in [0.5, 0.6) is 0 Å². The number of fused-ring (bicyclic) bond motifs is 1. The highest BCUT2D eigenvalue weighted by Crippen LogP contribution is 2.46. The Morgan fingerprint density at radius 3 is 2.73 bits per heavy atom. The zero-order chi connectivity index (χ0) is 20.8. The lowest BCUT2D eigenvalue weighted by atomic mass is 10.1. The molecule has 152 valence electrons. The molecule has 0 fully saturated rings. The van der Waals surface area contributed by atoms with Gasteiger partial charge in [0.25, 0.3) is 5.56 Å². The Morgan fingerprint density at radius 1 is 1.13 bits per heavy atom. The molecule has 1 unspecified atom stereocenters. The van der Waals surface area contributed by atoms with Crippen molar-refractivity contribution in [3.63, 3.8) is 0 Å². The Kier molecular flexibility index (Phi) is 4.75. The van der Waals surface area contributed by atoms with E-state index in [-0.39, 0.29) is 10.8 Å². The Bertz CT molecular complexity index is 1290. The molecule has 0 aliphatic heterocycles. The van der Waals surface area contributed by atoms with Crippen LogP contribution < -0.4 is 5.56 Å². The molecular formula is C21H19ClN6OS. The van der Waals surface area contributed by atoms with Crippen LogP contribution in [-0.4, -0.2) is 29.6 Å². The molecule has 0 bridgehead atoms. The van der Waals surface area contributed by atoms with E-state index in [1.165, 1.54) is 11.1 Å². The zero-order valence-electron chi connectivity index (χ0n) is 16.5. The van der Waals surface area contributed by atoms with Gasteiger partial charge in [-0.2, -0.15) is 4.68 Å². The van der Waals surface area contributed by atoms with Crippen molar-refractivity contribution >= 4 is 23.4 Å². The molecule has 0 saturated heterocycles. The Balaban J connectivity index is 1.56. The van der Waals surface area contributed by atoms with Crippen LogP contribution in [0.2, 0.25) is 5.02 Å². The fraction of sp³-hybridized carbons (Fsp3) is 0.238. The van der Waals surface area contributed by atoms with Crippen molar-refractivity contribution in [1.29, 1.82) is 0 Å². The van der Waals surface area contributed by atoms with Crippen molar-refractivity contribution in [2.24, 2.45) is 7.05 Å². The van der Waals surface area contributed by atoms with E-state index in [4.69, 9.17) is 11.6 Å². The lowest BCUT2D eigenvalue weighted by Crippen LogP contribution is -2.22. The van der Waals surface area contributed by atoms with Crippen molar-refractivity contribution in [2.75, 3.05) is 0 Å². The number of thioether (sulfide) groups is 1. The quantitative estimate of drug-likeness (QED) is 0.483. The van der Waals surface area contributed by atoms with Crippen LogP contribution in [0.3, 0.4) is 0 Å². The Morgan fingerprint density at radius 2 is 1.93 bits per heavy atom. The number of halogens is 1. The summed E-state index contributed by atoms with van der Waals surface area (Å²) in [6.45, 7) is 1.90. The summed E-state index contributed by atoms with van der Waals surface area (Å²) >= 11 is 7.93. The number of benzene rings is 2.